The summed E-state index contributed by atoms with van der Waals surface area (Å²) in [7, 11) is 0. The number of nitrogen functional groups attached to an aromatic ring is 1. The minimum atomic E-state index is 0.627. The number of hydrogen-bond donors (Lipinski definition) is 1. The van der Waals surface area contributed by atoms with Crippen LogP contribution in [0, 0.1) is 0 Å². The lowest BCUT2D eigenvalue weighted by Gasteiger charge is -2.01. The van der Waals surface area contributed by atoms with Gasteiger partial charge in [0.15, 0.2) is 11.6 Å². The molecular weight excluding hydrogens is 270 g/mol. The van der Waals surface area contributed by atoms with E-state index >= 15 is 0 Å². The van der Waals surface area contributed by atoms with E-state index in [1.807, 2.05) is 34.7 Å². The Morgan fingerprint density at radius 3 is 2.88 bits per heavy atom. The zero-order valence-corrected chi connectivity index (χ0v) is 9.81. The standard InChI is InChI=1S/C11H8BrN3O/c12-10-7-3-1-5-9(13)15(7)11(14-10)8-4-2-6-16-8/h1-6H,13H2. The normalized spacial score (nSPS) is 11.1. The lowest BCUT2D eigenvalue weighted by Crippen LogP contribution is -1.97. The van der Waals surface area contributed by atoms with E-state index in [9.17, 15) is 0 Å². The molecule has 80 valence electrons. The number of nitrogens with zero attached hydrogens (tertiary/aromatic N) is 2. The molecule has 0 aliphatic rings. The summed E-state index contributed by atoms with van der Waals surface area (Å²) in [6.07, 6.45) is 1.61. The van der Waals surface area contributed by atoms with Crippen molar-refractivity contribution in [2.75, 3.05) is 5.73 Å². The highest BCUT2D eigenvalue weighted by Crippen LogP contribution is 2.28. The third-order valence-electron chi connectivity index (χ3n) is 2.39. The minimum absolute atomic E-state index is 0.627. The maximum atomic E-state index is 5.94. The van der Waals surface area contributed by atoms with Crippen LogP contribution in [0.25, 0.3) is 17.1 Å². The molecule has 0 unspecified atom stereocenters. The number of nitrogens with two attached hydrogens (primary N) is 1. The Labute approximate surface area is 99.8 Å². The lowest BCUT2D eigenvalue weighted by molar-refractivity contribution is 0.577. The summed E-state index contributed by atoms with van der Waals surface area (Å²) in [5.41, 5.74) is 6.86. The van der Waals surface area contributed by atoms with E-state index in [0.717, 1.165) is 10.1 Å². The first kappa shape index (κ1) is 9.47. The monoisotopic (exact) mass is 277 g/mol. The van der Waals surface area contributed by atoms with Gasteiger partial charge in [0.1, 0.15) is 10.4 Å². The number of furan rings is 1. The molecule has 0 fully saturated rings. The minimum Gasteiger partial charge on any atom is -0.461 e. The summed E-state index contributed by atoms with van der Waals surface area (Å²) < 4.78 is 7.94. The van der Waals surface area contributed by atoms with Gasteiger partial charge in [-0.25, -0.2) is 4.98 Å². The van der Waals surface area contributed by atoms with E-state index in [1.54, 1.807) is 6.26 Å². The predicted molar refractivity (Wildman–Crippen MR) is 65.0 cm³/mol. The van der Waals surface area contributed by atoms with Crippen LogP contribution in [0.3, 0.4) is 0 Å². The van der Waals surface area contributed by atoms with Gasteiger partial charge >= 0.3 is 0 Å². The van der Waals surface area contributed by atoms with Crippen molar-refractivity contribution in [3.05, 3.63) is 41.2 Å². The molecule has 0 amide bonds. The molecule has 0 bridgehead atoms. The first-order valence-corrected chi connectivity index (χ1v) is 5.53. The van der Waals surface area contributed by atoms with Crippen LogP contribution in [0.1, 0.15) is 0 Å². The average molecular weight is 278 g/mol. The van der Waals surface area contributed by atoms with Crippen molar-refractivity contribution in [2.45, 2.75) is 0 Å². The van der Waals surface area contributed by atoms with Gasteiger partial charge in [-0.1, -0.05) is 6.07 Å². The summed E-state index contributed by atoms with van der Waals surface area (Å²) in [6, 6.07) is 9.34. The van der Waals surface area contributed by atoms with Crippen LogP contribution in [0.2, 0.25) is 0 Å². The van der Waals surface area contributed by atoms with Crippen LogP contribution in [-0.4, -0.2) is 9.38 Å². The molecule has 5 heteroatoms. The van der Waals surface area contributed by atoms with Gasteiger partial charge < -0.3 is 10.2 Å². The first-order chi connectivity index (χ1) is 7.77. The molecule has 0 spiro atoms. The van der Waals surface area contributed by atoms with Gasteiger partial charge in [-0.3, -0.25) is 4.40 Å². The third kappa shape index (κ3) is 1.25. The summed E-state index contributed by atoms with van der Waals surface area (Å²) in [4.78, 5) is 4.40. The van der Waals surface area contributed by atoms with E-state index in [0.29, 0.717) is 17.4 Å². The third-order valence-corrected chi connectivity index (χ3v) is 2.97. The number of anilines is 1. The molecule has 4 nitrogen and oxygen atoms in total. The number of imidazole rings is 1. The Hall–Kier alpha value is -1.75. The number of pyridine rings is 1. The smallest absolute Gasteiger partial charge is 0.183 e. The largest absolute Gasteiger partial charge is 0.461 e. The van der Waals surface area contributed by atoms with Crippen LogP contribution < -0.4 is 5.73 Å². The van der Waals surface area contributed by atoms with Gasteiger partial charge in [-0.15, -0.1) is 0 Å². The van der Waals surface area contributed by atoms with Gasteiger partial charge in [0.05, 0.1) is 11.8 Å². The van der Waals surface area contributed by atoms with E-state index in [1.165, 1.54) is 0 Å². The van der Waals surface area contributed by atoms with E-state index < -0.39 is 0 Å². The molecule has 0 saturated carbocycles. The summed E-state index contributed by atoms with van der Waals surface area (Å²) >= 11 is 3.41. The van der Waals surface area contributed by atoms with Crippen molar-refractivity contribution in [2.24, 2.45) is 0 Å². The summed E-state index contributed by atoms with van der Waals surface area (Å²) in [5.74, 6) is 2.02. The van der Waals surface area contributed by atoms with Crippen LogP contribution in [0.5, 0.6) is 0 Å². The second kappa shape index (κ2) is 3.38. The van der Waals surface area contributed by atoms with Crippen molar-refractivity contribution in [1.29, 1.82) is 0 Å². The number of rotatable bonds is 1. The topological polar surface area (TPSA) is 56.5 Å². The molecule has 3 heterocycles. The summed E-state index contributed by atoms with van der Waals surface area (Å²) in [5, 5.41) is 0. The maximum absolute atomic E-state index is 5.94. The quantitative estimate of drug-likeness (QED) is 0.744. The molecular formula is C11H8BrN3O. The van der Waals surface area contributed by atoms with Crippen molar-refractivity contribution < 1.29 is 4.42 Å². The van der Waals surface area contributed by atoms with Crippen molar-refractivity contribution in [1.82, 2.24) is 9.38 Å². The van der Waals surface area contributed by atoms with Crippen molar-refractivity contribution in [3.63, 3.8) is 0 Å². The number of halogens is 1. The van der Waals surface area contributed by atoms with E-state index in [2.05, 4.69) is 20.9 Å². The fourth-order valence-electron chi connectivity index (χ4n) is 1.69. The molecule has 0 radical (unpaired) electrons. The molecule has 3 aromatic heterocycles. The molecule has 3 aromatic rings. The lowest BCUT2D eigenvalue weighted by atomic mass is 10.4. The molecule has 2 N–H and O–H groups in total. The summed E-state index contributed by atoms with van der Waals surface area (Å²) in [6.45, 7) is 0. The van der Waals surface area contributed by atoms with Crippen LogP contribution in [-0.2, 0) is 0 Å². The van der Waals surface area contributed by atoms with Crippen LogP contribution >= 0.6 is 15.9 Å². The van der Waals surface area contributed by atoms with Crippen LogP contribution in [0.4, 0.5) is 5.82 Å². The average Bonchev–Trinajstić information content (AvgIpc) is 2.87. The molecule has 3 rings (SSSR count). The zero-order chi connectivity index (χ0) is 11.1. The highest BCUT2D eigenvalue weighted by molar-refractivity contribution is 9.10. The number of hydrogen-bond acceptors (Lipinski definition) is 3. The Kier molecular flexibility index (Phi) is 2.00. The van der Waals surface area contributed by atoms with Gasteiger partial charge in [-0.05, 0) is 40.2 Å². The zero-order valence-electron chi connectivity index (χ0n) is 8.22. The molecule has 0 aromatic carbocycles. The van der Waals surface area contributed by atoms with Gasteiger partial charge in [0.2, 0.25) is 0 Å². The second-order valence-electron chi connectivity index (χ2n) is 3.37. The maximum Gasteiger partial charge on any atom is 0.183 e. The van der Waals surface area contributed by atoms with E-state index in [4.69, 9.17) is 10.2 Å². The van der Waals surface area contributed by atoms with E-state index in [-0.39, 0.29) is 0 Å². The SMILES string of the molecule is Nc1cccc2c(Br)nc(-c3ccco3)n12. The Bertz CT molecular complexity index is 643. The van der Waals surface area contributed by atoms with Gasteiger partial charge in [0.25, 0.3) is 0 Å². The second-order valence-corrected chi connectivity index (χ2v) is 4.13. The predicted octanol–water partition coefficient (Wildman–Crippen LogP) is 2.94. The van der Waals surface area contributed by atoms with Gasteiger partial charge in [0, 0.05) is 0 Å². The Balaban J connectivity index is 2.42. The fraction of sp³-hybridized carbons (Fsp3) is 0. The fourth-order valence-corrected chi connectivity index (χ4v) is 2.17. The molecule has 16 heavy (non-hydrogen) atoms. The number of fused-ring (bicyclic) bond motifs is 1. The molecule has 0 aliphatic carbocycles. The highest BCUT2D eigenvalue weighted by Gasteiger charge is 2.14. The highest BCUT2D eigenvalue weighted by atomic mass is 79.9. The molecule has 0 aliphatic heterocycles. The van der Waals surface area contributed by atoms with Crippen molar-refractivity contribution in [3.8, 4) is 11.6 Å². The molecule has 0 atom stereocenters. The van der Waals surface area contributed by atoms with Crippen LogP contribution in [0.15, 0.2) is 45.6 Å². The number of aromatic nitrogens is 2. The van der Waals surface area contributed by atoms with Crippen molar-refractivity contribution >= 4 is 27.3 Å². The molecule has 0 saturated heterocycles. The first-order valence-electron chi connectivity index (χ1n) is 4.73. The Morgan fingerprint density at radius 1 is 1.25 bits per heavy atom. The van der Waals surface area contributed by atoms with Gasteiger partial charge in [-0.2, -0.15) is 0 Å². The Morgan fingerprint density at radius 2 is 2.12 bits per heavy atom.